The second-order valence-corrected chi connectivity index (χ2v) is 5.01. The molecule has 0 N–H and O–H groups in total. The lowest BCUT2D eigenvalue weighted by molar-refractivity contribution is 0.303. The van der Waals surface area contributed by atoms with E-state index < -0.39 is 0 Å². The summed E-state index contributed by atoms with van der Waals surface area (Å²) in [6.07, 6.45) is 7.37. The Morgan fingerprint density at radius 2 is 2.07 bits per heavy atom. The Labute approximate surface area is 94.0 Å². The van der Waals surface area contributed by atoms with E-state index in [0.717, 1.165) is 12.8 Å². The normalized spacial score (nSPS) is 19.5. The highest BCUT2D eigenvalue weighted by molar-refractivity contribution is 7.08. The lowest BCUT2D eigenvalue weighted by Gasteiger charge is -2.32. The molecule has 1 aromatic heterocycles. The van der Waals surface area contributed by atoms with Crippen LogP contribution in [0.4, 0.5) is 0 Å². The third-order valence-corrected chi connectivity index (χ3v) is 4.16. The second kappa shape index (κ2) is 4.30. The van der Waals surface area contributed by atoms with Crippen molar-refractivity contribution in [2.45, 2.75) is 44.6 Å². The molecule has 1 aromatic rings. The lowest BCUT2D eigenvalue weighted by atomic mass is 9.77. The molecule has 0 spiro atoms. The molecular formula is C12H15NOS. The molecular weight excluding hydrogens is 206 g/mol. The molecule has 0 unspecified atom stereocenters. The number of hydrogen-bond donors (Lipinski definition) is 0. The van der Waals surface area contributed by atoms with Crippen LogP contribution in [0.2, 0.25) is 0 Å². The third-order valence-electron chi connectivity index (χ3n) is 3.30. The van der Waals surface area contributed by atoms with Gasteiger partial charge in [0.1, 0.15) is 0 Å². The summed E-state index contributed by atoms with van der Waals surface area (Å²) in [5, 5.41) is 4.27. The number of hydrogen-bond acceptors (Lipinski definition) is 3. The van der Waals surface area contributed by atoms with Gasteiger partial charge in [0.25, 0.3) is 0 Å². The summed E-state index contributed by atoms with van der Waals surface area (Å²) in [5.41, 5.74) is 2.26. The fourth-order valence-corrected chi connectivity index (χ4v) is 3.44. The van der Waals surface area contributed by atoms with Crippen LogP contribution in [0, 0.1) is 6.92 Å². The summed E-state index contributed by atoms with van der Waals surface area (Å²) in [5.74, 6) is 0. The van der Waals surface area contributed by atoms with E-state index in [1.54, 1.807) is 17.4 Å². The van der Waals surface area contributed by atoms with Crippen molar-refractivity contribution in [1.82, 2.24) is 0 Å². The van der Waals surface area contributed by atoms with Crippen molar-refractivity contribution in [3.63, 3.8) is 0 Å². The van der Waals surface area contributed by atoms with Crippen LogP contribution in [0.1, 0.15) is 43.2 Å². The Morgan fingerprint density at radius 3 is 2.60 bits per heavy atom. The Kier molecular flexibility index (Phi) is 3.03. The average molecular weight is 221 g/mol. The fourth-order valence-electron chi connectivity index (χ4n) is 2.50. The van der Waals surface area contributed by atoms with E-state index in [2.05, 4.69) is 22.7 Å². The summed E-state index contributed by atoms with van der Waals surface area (Å²) in [4.78, 5) is 14.7. The maximum Gasteiger partial charge on any atom is 0.235 e. The van der Waals surface area contributed by atoms with Gasteiger partial charge < -0.3 is 0 Å². The molecule has 1 aliphatic carbocycles. The summed E-state index contributed by atoms with van der Waals surface area (Å²) < 4.78 is 0. The van der Waals surface area contributed by atoms with Gasteiger partial charge in [-0.05, 0) is 41.7 Å². The van der Waals surface area contributed by atoms with Crippen molar-refractivity contribution in [1.29, 1.82) is 0 Å². The first kappa shape index (κ1) is 10.6. The zero-order valence-electron chi connectivity index (χ0n) is 8.95. The van der Waals surface area contributed by atoms with Crippen LogP contribution in [0.25, 0.3) is 0 Å². The highest BCUT2D eigenvalue weighted by atomic mass is 32.1. The van der Waals surface area contributed by atoms with Gasteiger partial charge in [-0.15, -0.1) is 0 Å². The minimum atomic E-state index is -0.246. The summed E-state index contributed by atoms with van der Waals surface area (Å²) in [6.45, 7) is 2.10. The van der Waals surface area contributed by atoms with E-state index in [0.29, 0.717) is 0 Å². The largest absolute Gasteiger partial charge is 0.235 e. The van der Waals surface area contributed by atoms with Gasteiger partial charge in [-0.2, -0.15) is 16.3 Å². The molecule has 0 aromatic carbocycles. The lowest BCUT2D eigenvalue weighted by Crippen LogP contribution is -2.26. The molecule has 1 aliphatic rings. The molecule has 0 amide bonds. The Balaban J connectivity index is 2.42. The smallest absolute Gasteiger partial charge is 0.211 e. The van der Waals surface area contributed by atoms with Gasteiger partial charge in [0, 0.05) is 0 Å². The molecule has 80 valence electrons. The quantitative estimate of drug-likeness (QED) is 0.554. The fraction of sp³-hybridized carbons (Fsp3) is 0.583. The van der Waals surface area contributed by atoms with Crippen molar-refractivity contribution in [2.75, 3.05) is 0 Å². The zero-order chi connectivity index (χ0) is 10.7. The van der Waals surface area contributed by atoms with E-state index in [9.17, 15) is 4.79 Å². The molecule has 2 rings (SSSR count). The van der Waals surface area contributed by atoms with Crippen molar-refractivity contribution in [3.8, 4) is 0 Å². The summed E-state index contributed by atoms with van der Waals surface area (Å²) in [7, 11) is 0. The van der Waals surface area contributed by atoms with Crippen LogP contribution in [0.3, 0.4) is 0 Å². The molecule has 1 fully saturated rings. The van der Waals surface area contributed by atoms with Gasteiger partial charge >= 0.3 is 0 Å². The Bertz CT molecular complexity index is 384. The maximum absolute atomic E-state index is 10.6. The first-order chi connectivity index (χ1) is 7.28. The number of aryl methyl sites for hydroxylation is 1. The number of isocyanates is 1. The Morgan fingerprint density at radius 1 is 1.33 bits per heavy atom. The summed E-state index contributed by atoms with van der Waals surface area (Å²) in [6, 6.07) is 0. The molecule has 0 saturated heterocycles. The SMILES string of the molecule is Cc1cscc1C1(N=C=O)CCCCC1. The predicted molar refractivity (Wildman–Crippen MR) is 61.9 cm³/mol. The molecule has 1 heterocycles. The Hall–Kier alpha value is -0.920. The van der Waals surface area contributed by atoms with Gasteiger partial charge in [-0.3, -0.25) is 0 Å². The van der Waals surface area contributed by atoms with Gasteiger partial charge in [0.05, 0.1) is 5.54 Å². The highest BCUT2D eigenvalue weighted by Crippen LogP contribution is 2.42. The standard InChI is InChI=1S/C12H15NOS/c1-10-7-15-8-11(10)12(13-9-14)5-3-2-4-6-12/h7-8H,2-6H2,1H3. The highest BCUT2D eigenvalue weighted by Gasteiger charge is 2.35. The molecule has 0 radical (unpaired) electrons. The van der Waals surface area contributed by atoms with E-state index in [-0.39, 0.29) is 5.54 Å². The number of nitrogens with zero attached hydrogens (tertiary/aromatic N) is 1. The molecule has 0 bridgehead atoms. The number of rotatable bonds is 2. The number of aliphatic imine (C=N–C) groups is 1. The first-order valence-electron chi connectivity index (χ1n) is 5.41. The minimum absolute atomic E-state index is 0.246. The number of thiophene rings is 1. The minimum Gasteiger partial charge on any atom is -0.211 e. The first-order valence-corrected chi connectivity index (χ1v) is 6.35. The topological polar surface area (TPSA) is 29.4 Å². The zero-order valence-corrected chi connectivity index (χ0v) is 9.77. The van der Waals surface area contributed by atoms with E-state index in [4.69, 9.17) is 0 Å². The van der Waals surface area contributed by atoms with Crippen LogP contribution in [0.15, 0.2) is 15.8 Å². The van der Waals surface area contributed by atoms with Crippen molar-refractivity contribution < 1.29 is 4.79 Å². The van der Waals surface area contributed by atoms with Crippen LogP contribution >= 0.6 is 11.3 Å². The monoisotopic (exact) mass is 221 g/mol. The predicted octanol–water partition coefficient (Wildman–Crippen LogP) is 3.55. The van der Waals surface area contributed by atoms with Crippen LogP contribution < -0.4 is 0 Å². The van der Waals surface area contributed by atoms with E-state index in [1.807, 2.05) is 0 Å². The average Bonchev–Trinajstić information content (AvgIpc) is 2.67. The van der Waals surface area contributed by atoms with E-state index >= 15 is 0 Å². The third kappa shape index (κ3) is 1.90. The molecule has 0 aliphatic heterocycles. The van der Waals surface area contributed by atoms with Crippen molar-refractivity contribution >= 4 is 17.4 Å². The molecule has 15 heavy (non-hydrogen) atoms. The van der Waals surface area contributed by atoms with Gasteiger partial charge in [-0.1, -0.05) is 19.3 Å². The van der Waals surface area contributed by atoms with Gasteiger partial charge in [-0.25, -0.2) is 4.79 Å². The van der Waals surface area contributed by atoms with Gasteiger partial charge in [0.15, 0.2) is 0 Å². The van der Waals surface area contributed by atoms with Crippen LogP contribution in [-0.2, 0) is 10.3 Å². The molecule has 2 nitrogen and oxygen atoms in total. The maximum atomic E-state index is 10.6. The second-order valence-electron chi connectivity index (χ2n) is 4.26. The number of carbonyl (C=O) groups excluding carboxylic acids is 1. The van der Waals surface area contributed by atoms with E-state index in [1.165, 1.54) is 30.4 Å². The molecule has 0 atom stereocenters. The molecule has 3 heteroatoms. The van der Waals surface area contributed by atoms with Gasteiger partial charge in [0.2, 0.25) is 6.08 Å². The molecule has 1 saturated carbocycles. The van der Waals surface area contributed by atoms with Crippen molar-refractivity contribution in [2.24, 2.45) is 4.99 Å². The van der Waals surface area contributed by atoms with Crippen LogP contribution in [-0.4, -0.2) is 6.08 Å². The van der Waals surface area contributed by atoms with Crippen molar-refractivity contribution in [3.05, 3.63) is 21.9 Å². The summed E-state index contributed by atoms with van der Waals surface area (Å²) >= 11 is 1.69. The van der Waals surface area contributed by atoms with Crippen LogP contribution in [0.5, 0.6) is 0 Å².